The number of hydrogen-bond donors (Lipinski definition) is 2. The summed E-state index contributed by atoms with van der Waals surface area (Å²) in [4.78, 5) is 11.0. The van der Waals surface area contributed by atoms with Crippen molar-refractivity contribution in [3.63, 3.8) is 0 Å². The minimum absolute atomic E-state index is 0.610. The predicted molar refractivity (Wildman–Crippen MR) is 68.1 cm³/mol. The predicted octanol–water partition coefficient (Wildman–Crippen LogP) is 1.38. The fourth-order valence-electron chi connectivity index (χ4n) is 2.37. The van der Waals surface area contributed by atoms with Crippen LogP contribution in [-0.2, 0) is 6.54 Å². The minimum atomic E-state index is 0.610. The van der Waals surface area contributed by atoms with Crippen LogP contribution in [-0.4, -0.2) is 28.0 Å². The lowest BCUT2D eigenvalue weighted by Crippen LogP contribution is -2.34. The quantitative estimate of drug-likeness (QED) is 0.609. The van der Waals surface area contributed by atoms with Gasteiger partial charge in [0.25, 0.3) is 0 Å². The van der Waals surface area contributed by atoms with Gasteiger partial charge in [0.1, 0.15) is 0 Å². The molecule has 0 spiro atoms. The topological polar surface area (TPSA) is 67.1 Å². The van der Waals surface area contributed by atoms with Gasteiger partial charge >= 0.3 is 0 Å². The molecular formula is C12H21N5. The van der Waals surface area contributed by atoms with Gasteiger partial charge in [0.05, 0.1) is 18.1 Å². The van der Waals surface area contributed by atoms with Crippen molar-refractivity contribution in [1.82, 2.24) is 14.9 Å². The Labute approximate surface area is 102 Å². The van der Waals surface area contributed by atoms with Gasteiger partial charge in [-0.05, 0) is 25.3 Å². The lowest BCUT2D eigenvalue weighted by Gasteiger charge is -2.31. The van der Waals surface area contributed by atoms with E-state index in [4.69, 9.17) is 5.84 Å². The number of likely N-dealkylation sites (tertiary alicyclic amines) is 1. The van der Waals surface area contributed by atoms with Crippen LogP contribution in [0.25, 0.3) is 0 Å². The summed E-state index contributed by atoms with van der Waals surface area (Å²) in [5.41, 5.74) is 3.50. The smallest absolute Gasteiger partial charge is 0.158 e. The van der Waals surface area contributed by atoms with Crippen LogP contribution in [0.15, 0.2) is 12.4 Å². The number of nitrogens with one attached hydrogen (secondary N) is 1. The molecule has 3 N–H and O–H groups in total. The maximum Gasteiger partial charge on any atom is 0.158 e. The van der Waals surface area contributed by atoms with E-state index in [0.29, 0.717) is 5.82 Å². The third-order valence-corrected chi connectivity index (χ3v) is 3.42. The molecule has 0 bridgehead atoms. The van der Waals surface area contributed by atoms with E-state index < -0.39 is 0 Å². The molecule has 0 aromatic carbocycles. The van der Waals surface area contributed by atoms with Crippen molar-refractivity contribution in [2.24, 2.45) is 11.8 Å². The van der Waals surface area contributed by atoms with E-state index in [1.54, 1.807) is 12.4 Å². The number of nitrogens with zero attached hydrogens (tertiary/aromatic N) is 3. The Morgan fingerprint density at radius 2 is 2.35 bits per heavy atom. The fourth-order valence-corrected chi connectivity index (χ4v) is 2.37. The van der Waals surface area contributed by atoms with Crippen LogP contribution in [0.5, 0.6) is 0 Å². The van der Waals surface area contributed by atoms with E-state index >= 15 is 0 Å². The number of hydrazine groups is 1. The summed E-state index contributed by atoms with van der Waals surface area (Å²) in [6.07, 6.45) is 7.42. The first-order valence-electron chi connectivity index (χ1n) is 6.31. The molecule has 0 saturated carbocycles. The van der Waals surface area contributed by atoms with Crippen LogP contribution in [0, 0.1) is 5.92 Å². The van der Waals surface area contributed by atoms with Gasteiger partial charge in [0.15, 0.2) is 5.82 Å². The van der Waals surface area contributed by atoms with Crippen molar-refractivity contribution < 1.29 is 0 Å². The molecule has 1 aromatic heterocycles. The molecule has 94 valence electrons. The first kappa shape index (κ1) is 12.3. The van der Waals surface area contributed by atoms with Crippen LogP contribution in [0.3, 0.4) is 0 Å². The molecule has 1 unspecified atom stereocenters. The van der Waals surface area contributed by atoms with Gasteiger partial charge in [-0.2, -0.15) is 0 Å². The van der Waals surface area contributed by atoms with Crippen LogP contribution < -0.4 is 11.3 Å². The zero-order chi connectivity index (χ0) is 12.1. The Bertz CT molecular complexity index is 337. The van der Waals surface area contributed by atoms with E-state index in [-0.39, 0.29) is 0 Å². The number of aromatic nitrogens is 2. The van der Waals surface area contributed by atoms with E-state index in [1.165, 1.54) is 32.4 Å². The molecule has 1 fully saturated rings. The molecule has 0 radical (unpaired) electrons. The molecule has 1 aromatic rings. The third kappa shape index (κ3) is 3.38. The van der Waals surface area contributed by atoms with E-state index in [1.807, 2.05) is 0 Å². The molecule has 1 aliphatic rings. The fraction of sp³-hybridized carbons (Fsp3) is 0.667. The number of hydrogen-bond acceptors (Lipinski definition) is 5. The van der Waals surface area contributed by atoms with Gasteiger partial charge in [-0.3, -0.25) is 9.88 Å². The van der Waals surface area contributed by atoms with Crippen molar-refractivity contribution in [1.29, 1.82) is 0 Å². The van der Waals surface area contributed by atoms with Crippen LogP contribution in [0.2, 0.25) is 0 Å². The first-order chi connectivity index (χ1) is 8.31. The minimum Gasteiger partial charge on any atom is -0.307 e. The second kappa shape index (κ2) is 5.93. The number of anilines is 1. The maximum absolute atomic E-state index is 5.26. The standard InChI is InChI=1S/C12H21N5/c1-2-10-4-3-5-17(8-10)9-11-6-15-12(16-13)7-14-11/h6-7,10H,2-5,8-9,13H2,1H3,(H,15,16). The normalized spacial score (nSPS) is 21.4. The largest absolute Gasteiger partial charge is 0.307 e. The second-order valence-corrected chi connectivity index (χ2v) is 4.69. The molecule has 1 atom stereocenters. The highest BCUT2D eigenvalue weighted by Gasteiger charge is 2.18. The van der Waals surface area contributed by atoms with Gasteiger partial charge in [0.2, 0.25) is 0 Å². The van der Waals surface area contributed by atoms with Gasteiger partial charge in [-0.25, -0.2) is 10.8 Å². The molecule has 1 aliphatic heterocycles. The van der Waals surface area contributed by atoms with Crippen molar-refractivity contribution in [2.75, 3.05) is 18.5 Å². The van der Waals surface area contributed by atoms with Crippen LogP contribution in [0.1, 0.15) is 31.9 Å². The summed E-state index contributed by atoms with van der Waals surface area (Å²) >= 11 is 0. The summed E-state index contributed by atoms with van der Waals surface area (Å²) < 4.78 is 0. The molecule has 0 amide bonds. The number of nitrogens with two attached hydrogens (primary N) is 1. The Morgan fingerprint density at radius 1 is 1.47 bits per heavy atom. The summed E-state index contributed by atoms with van der Waals surface area (Å²) in [7, 11) is 0. The van der Waals surface area contributed by atoms with Crippen molar-refractivity contribution in [3.05, 3.63) is 18.1 Å². The second-order valence-electron chi connectivity index (χ2n) is 4.69. The molecule has 1 saturated heterocycles. The maximum atomic E-state index is 5.26. The highest BCUT2D eigenvalue weighted by molar-refractivity contribution is 5.28. The summed E-state index contributed by atoms with van der Waals surface area (Å²) in [6, 6.07) is 0. The Kier molecular flexibility index (Phi) is 4.28. The Morgan fingerprint density at radius 3 is 3.00 bits per heavy atom. The van der Waals surface area contributed by atoms with Crippen LogP contribution in [0.4, 0.5) is 5.82 Å². The zero-order valence-corrected chi connectivity index (χ0v) is 10.4. The molecule has 2 heterocycles. The number of rotatable bonds is 4. The van der Waals surface area contributed by atoms with Gasteiger partial charge in [-0.15, -0.1) is 0 Å². The highest BCUT2D eigenvalue weighted by atomic mass is 15.3. The van der Waals surface area contributed by atoms with Gasteiger partial charge in [0, 0.05) is 13.1 Å². The number of nitrogen functional groups attached to an aromatic ring is 1. The van der Waals surface area contributed by atoms with E-state index in [0.717, 1.165) is 18.2 Å². The molecule has 5 heteroatoms. The van der Waals surface area contributed by atoms with Gasteiger partial charge in [-0.1, -0.05) is 13.3 Å². The molecule has 17 heavy (non-hydrogen) atoms. The van der Waals surface area contributed by atoms with Gasteiger partial charge < -0.3 is 5.43 Å². The Hall–Kier alpha value is -1.20. The third-order valence-electron chi connectivity index (χ3n) is 3.42. The van der Waals surface area contributed by atoms with E-state index in [2.05, 4.69) is 27.2 Å². The van der Waals surface area contributed by atoms with Crippen molar-refractivity contribution in [2.45, 2.75) is 32.7 Å². The average Bonchev–Trinajstić information content (AvgIpc) is 2.40. The molecule has 2 rings (SSSR count). The monoisotopic (exact) mass is 235 g/mol. The first-order valence-corrected chi connectivity index (χ1v) is 6.31. The zero-order valence-electron chi connectivity index (χ0n) is 10.4. The Balaban J connectivity index is 1.90. The SMILES string of the molecule is CCC1CCCN(Cc2cnc(NN)cn2)C1. The lowest BCUT2D eigenvalue weighted by atomic mass is 9.95. The highest BCUT2D eigenvalue weighted by Crippen LogP contribution is 2.20. The summed E-state index contributed by atoms with van der Waals surface area (Å²) in [5.74, 6) is 6.72. The lowest BCUT2D eigenvalue weighted by molar-refractivity contribution is 0.163. The van der Waals surface area contributed by atoms with Crippen molar-refractivity contribution >= 4 is 5.82 Å². The summed E-state index contributed by atoms with van der Waals surface area (Å²) in [6.45, 7) is 5.54. The molecule has 0 aliphatic carbocycles. The van der Waals surface area contributed by atoms with Crippen molar-refractivity contribution in [3.8, 4) is 0 Å². The number of piperidine rings is 1. The summed E-state index contributed by atoms with van der Waals surface area (Å²) in [5, 5.41) is 0. The molecular weight excluding hydrogens is 214 g/mol. The molecule has 5 nitrogen and oxygen atoms in total. The van der Waals surface area contributed by atoms with Crippen LogP contribution >= 0.6 is 0 Å². The average molecular weight is 235 g/mol. The van der Waals surface area contributed by atoms with E-state index in [9.17, 15) is 0 Å².